The molecule has 0 aromatic heterocycles. The van der Waals surface area contributed by atoms with Crippen molar-refractivity contribution in [2.75, 3.05) is 11.9 Å². The van der Waals surface area contributed by atoms with E-state index in [1.165, 1.54) is 0 Å². The number of carbonyl (C=O) groups is 1. The van der Waals surface area contributed by atoms with Gasteiger partial charge in [0.05, 0.1) is 6.61 Å². The third-order valence-corrected chi connectivity index (χ3v) is 4.24. The number of halogens is 1. The normalized spacial score (nSPS) is 12.7. The molecule has 3 rings (SSSR count). The number of hydrogen-bond acceptors (Lipinski definition) is 2. The molecule has 1 N–H and O–H groups in total. The standard InChI is InChI=1S/C16H14BrNO2/c1-10-2-3-12(9-14(10)17)16(19)18-13-4-5-15-11(8-13)6-7-20-15/h2-5,8-9H,6-7H2,1H3,(H,18,19). The number of benzene rings is 2. The molecule has 0 fully saturated rings. The molecule has 2 aromatic carbocycles. The maximum Gasteiger partial charge on any atom is 0.255 e. The molecule has 4 heteroatoms. The van der Waals surface area contributed by atoms with Gasteiger partial charge in [-0.25, -0.2) is 0 Å². The zero-order valence-electron chi connectivity index (χ0n) is 11.1. The van der Waals surface area contributed by atoms with Crippen molar-refractivity contribution in [2.45, 2.75) is 13.3 Å². The fourth-order valence-corrected chi connectivity index (χ4v) is 2.58. The lowest BCUT2D eigenvalue weighted by Gasteiger charge is -2.08. The van der Waals surface area contributed by atoms with Crippen LogP contribution in [0.5, 0.6) is 5.75 Å². The Morgan fingerprint density at radius 3 is 2.90 bits per heavy atom. The summed E-state index contributed by atoms with van der Waals surface area (Å²) in [6.07, 6.45) is 0.898. The average molecular weight is 332 g/mol. The van der Waals surface area contributed by atoms with Gasteiger partial charge in [0.15, 0.2) is 0 Å². The second-order valence-corrected chi connectivity index (χ2v) is 5.69. The van der Waals surface area contributed by atoms with Gasteiger partial charge < -0.3 is 10.1 Å². The van der Waals surface area contributed by atoms with Crippen LogP contribution in [0.4, 0.5) is 5.69 Å². The Balaban J connectivity index is 1.80. The van der Waals surface area contributed by atoms with Crippen molar-refractivity contribution >= 4 is 27.5 Å². The van der Waals surface area contributed by atoms with E-state index >= 15 is 0 Å². The molecule has 1 aliphatic heterocycles. The molecule has 0 saturated carbocycles. The Hall–Kier alpha value is -1.81. The van der Waals surface area contributed by atoms with Crippen molar-refractivity contribution in [2.24, 2.45) is 0 Å². The van der Waals surface area contributed by atoms with Crippen molar-refractivity contribution in [3.05, 3.63) is 57.6 Å². The number of rotatable bonds is 2. The van der Waals surface area contributed by atoms with Gasteiger partial charge in [-0.05, 0) is 48.4 Å². The highest BCUT2D eigenvalue weighted by molar-refractivity contribution is 9.10. The summed E-state index contributed by atoms with van der Waals surface area (Å²) in [6.45, 7) is 2.71. The first kappa shape index (κ1) is 13.2. The quantitative estimate of drug-likeness (QED) is 0.904. The third kappa shape index (κ3) is 2.56. The van der Waals surface area contributed by atoms with E-state index in [1.807, 2.05) is 43.3 Å². The van der Waals surface area contributed by atoms with Crippen molar-refractivity contribution < 1.29 is 9.53 Å². The van der Waals surface area contributed by atoms with Crippen LogP contribution in [0.2, 0.25) is 0 Å². The van der Waals surface area contributed by atoms with Crippen LogP contribution < -0.4 is 10.1 Å². The first-order valence-corrected chi connectivity index (χ1v) is 7.26. The highest BCUT2D eigenvalue weighted by atomic mass is 79.9. The van der Waals surface area contributed by atoms with Gasteiger partial charge in [-0.1, -0.05) is 22.0 Å². The summed E-state index contributed by atoms with van der Waals surface area (Å²) >= 11 is 3.44. The minimum absolute atomic E-state index is 0.107. The SMILES string of the molecule is Cc1ccc(C(=O)Nc2ccc3c(c2)CCO3)cc1Br. The van der Waals surface area contributed by atoms with Gasteiger partial charge in [0.2, 0.25) is 0 Å². The Labute approximate surface area is 126 Å². The Morgan fingerprint density at radius 2 is 2.10 bits per heavy atom. The second-order valence-electron chi connectivity index (χ2n) is 4.84. The molecule has 1 heterocycles. The Kier molecular flexibility index (Phi) is 3.49. The molecule has 3 nitrogen and oxygen atoms in total. The molecule has 0 spiro atoms. The summed E-state index contributed by atoms with van der Waals surface area (Å²) in [7, 11) is 0. The van der Waals surface area contributed by atoms with Crippen molar-refractivity contribution in [1.82, 2.24) is 0 Å². The molecule has 0 unspecified atom stereocenters. The van der Waals surface area contributed by atoms with Crippen molar-refractivity contribution in [3.63, 3.8) is 0 Å². The minimum Gasteiger partial charge on any atom is -0.493 e. The molecule has 1 aliphatic rings. The molecule has 1 amide bonds. The number of hydrogen-bond donors (Lipinski definition) is 1. The summed E-state index contributed by atoms with van der Waals surface area (Å²) in [6, 6.07) is 11.3. The van der Waals surface area contributed by atoms with E-state index in [4.69, 9.17) is 4.74 Å². The van der Waals surface area contributed by atoms with Gasteiger partial charge in [-0.15, -0.1) is 0 Å². The summed E-state index contributed by atoms with van der Waals surface area (Å²) in [4.78, 5) is 12.2. The van der Waals surface area contributed by atoms with Crippen LogP contribution in [0.25, 0.3) is 0 Å². The average Bonchev–Trinajstić information content (AvgIpc) is 2.89. The van der Waals surface area contributed by atoms with Gasteiger partial charge in [0, 0.05) is 22.1 Å². The number of aryl methyl sites for hydroxylation is 1. The van der Waals surface area contributed by atoms with Crippen molar-refractivity contribution in [3.8, 4) is 5.75 Å². The van der Waals surface area contributed by atoms with Crippen LogP contribution in [0, 0.1) is 6.92 Å². The lowest BCUT2D eigenvalue weighted by atomic mass is 10.1. The van der Waals surface area contributed by atoms with E-state index in [1.54, 1.807) is 0 Å². The fraction of sp³-hybridized carbons (Fsp3) is 0.188. The second kappa shape index (κ2) is 5.29. The lowest BCUT2D eigenvalue weighted by Crippen LogP contribution is -2.12. The predicted octanol–water partition coefficient (Wildman–Crippen LogP) is 3.94. The summed E-state index contributed by atoms with van der Waals surface area (Å²) < 4.78 is 6.39. The molecule has 0 bridgehead atoms. The molecule has 2 aromatic rings. The van der Waals surface area contributed by atoms with Crippen LogP contribution in [0.15, 0.2) is 40.9 Å². The van der Waals surface area contributed by atoms with Gasteiger partial charge >= 0.3 is 0 Å². The van der Waals surface area contributed by atoms with Crippen molar-refractivity contribution in [1.29, 1.82) is 0 Å². The molecular formula is C16H14BrNO2. The molecular weight excluding hydrogens is 318 g/mol. The van der Waals surface area contributed by atoms with E-state index in [9.17, 15) is 4.79 Å². The highest BCUT2D eigenvalue weighted by Gasteiger charge is 2.13. The number of amides is 1. The monoisotopic (exact) mass is 331 g/mol. The van der Waals surface area contributed by atoms with E-state index < -0.39 is 0 Å². The third-order valence-electron chi connectivity index (χ3n) is 3.38. The zero-order chi connectivity index (χ0) is 14.1. The van der Waals surface area contributed by atoms with Crippen LogP contribution >= 0.6 is 15.9 Å². The smallest absolute Gasteiger partial charge is 0.255 e. The maximum absolute atomic E-state index is 12.2. The maximum atomic E-state index is 12.2. The number of nitrogens with one attached hydrogen (secondary N) is 1. The topological polar surface area (TPSA) is 38.3 Å². The van der Waals surface area contributed by atoms with Crippen LogP contribution in [-0.2, 0) is 6.42 Å². The first-order chi connectivity index (χ1) is 9.63. The van der Waals surface area contributed by atoms with E-state index in [0.717, 1.165) is 40.1 Å². The minimum atomic E-state index is -0.107. The number of ether oxygens (including phenoxy) is 1. The number of fused-ring (bicyclic) bond motifs is 1. The van der Waals surface area contributed by atoms with E-state index in [2.05, 4.69) is 21.2 Å². The van der Waals surface area contributed by atoms with Crippen LogP contribution in [0.1, 0.15) is 21.5 Å². The molecule has 0 atom stereocenters. The van der Waals surface area contributed by atoms with E-state index in [0.29, 0.717) is 5.56 Å². The molecule has 102 valence electrons. The summed E-state index contributed by atoms with van der Waals surface area (Å²) in [5.74, 6) is 0.811. The van der Waals surface area contributed by atoms with E-state index in [-0.39, 0.29) is 5.91 Å². The number of carbonyl (C=O) groups excluding carboxylic acids is 1. The molecule has 20 heavy (non-hydrogen) atoms. The lowest BCUT2D eigenvalue weighted by molar-refractivity contribution is 0.102. The molecule has 0 saturated heterocycles. The fourth-order valence-electron chi connectivity index (χ4n) is 2.20. The predicted molar refractivity (Wildman–Crippen MR) is 82.5 cm³/mol. The highest BCUT2D eigenvalue weighted by Crippen LogP contribution is 2.28. The Morgan fingerprint density at radius 1 is 1.25 bits per heavy atom. The van der Waals surface area contributed by atoms with Gasteiger partial charge in [0.25, 0.3) is 5.91 Å². The van der Waals surface area contributed by atoms with Gasteiger partial charge in [-0.2, -0.15) is 0 Å². The largest absolute Gasteiger partial charge is 0.493 e. The summed E-state index contributed by atoms with van der Waals surface area (Å²) in [5.41, 5.74) is 3.69. The zero-order valence-corrected chi connectivity index (χ0v) is 12.7. The van der Waals surface area contributed by atoms with Crippen LogP contribution in [-0.4, -0.2) is 12.5 Å². The number of anilines is 1. The van der Waals surface area contributed by atoms with Gasteiger partial charge in [0.1, 0.15) is 5.75 Å². The Bertz CT molecular complexity index is 682. The molecule has 0 aliphatic carbocycles. The van der Waals surface area contributed by atoms with Crippen LogP contribution in [0.3, 0.4) is 0 Å². The summed E-state index contributed by atoms with van der Waals surface area (Å²) in [5, 5.41) is 2.92. The molecule has 0 radical (unpaired) electrons. The van der Waals surface area contributed by atoms with Gasteiger partial charge in [-0.3, -0.25) is 4.79 Å². The first-order valence-electron chi connectivity index (χ1n) is 6.47.